The Morgan fingerprint density at radius 2 is 2.27 bits per heavy atom. The fourth-order valence-corrected chi connectivity index (χ4v) is 1.49. The average molecular weight is 214 g/mol. The first-order valence-electron chi connectivity index (χ1n) is 3.71. The molecule has 1 aromatic rings. The van der Waals surface area contributed by atoms with E-state index in [0.717, 1.165) is 5.69 Å². The molecule has 4 heteroatoms. The molecule has 0 spiro atoms. The Balaban J connectivity index is 2.23. The highest BCUT2D eigenvalue weighted by Gasteiger charge is 2.21. The Morgan fingerprint density at radius 3 is 2.82 bits per heavy atom. The average Bonchev–Trinajstić information content (AvgIpc) is 1.83. The second kappa shape index (κ2) is 2.85. The minimum absolute atomic E-state index is 0.599. The van der Waals surface area contributed by atoms with E-state index >= 15 is 0 Å². The van der Waals surface area contributed by atoms with Crippen molar-refractivity contribution >= 4 is 15.9 Å². The first-order valence-corrected chi connectivity index (χ1v) is 4.50. The summed E-state index contributed by atoms with van der Waals surface area (Å²) in [6, 6.07) is 0. The lowest BCUT2D eigenvalue weighted by Gasteiger charge is -2.23. The van der Waals surface area contributed by atoms with Crippen LogP contribution in [0.2, 0.25) is 0 Å². The van der Waals surface area contributed by atoms with Crippen molar-refractivity contribution in [3.05, 3.63) is 16.6 Å². The molecule has 1 aromatic heterocycles. The standard InChI is InChI=1S/C7H8BrN3/c8-7-10-6(4-9-11-7)5-2-1-3-5/h4-5H,1-3H2. The summed E-state index contributed by atoms with van der Waals surface area (Å²) in [5.41, 5.74) is 1.08. The molecule has 0 aromatic carbocycles. The maximum atomic E-state index is 4.24. The van der Waals surface area contributed by atoms with Crippen molar-refractivity contribution < 1.29 is 0 Å². The summed E-state index contributed by atoms with van der Waals surface area (Å²) < 4.78 is 0.599. The van der Waals surface area contributed by atoms with Crippen LogP contribution in [-0.2, 0) is 0 Å². The van der Waals surface area contributed by atoms with Crippen molar-refractivity contribution in [2.45, 2.75) is 25.2 Å². The Kier molecular flexibility index (Phi) is 1.85. The van der Waals surface area contributed by atoms with Crippen molar-refractivity contribution in [1.82, 2.24) is 15.2 Å². The van der Waals surface area contributed by atoms with Gasteiger partial charge in [-0.25, -0.2) is 4.98 Å². The zero-order chi connectivity index (χ0) is 7.68. The number of aromatic nitrogens is 3. The van der Waals surface area contributed by atoms with Crippen LogP contribution in [0.5, 0.6) is 0 Å². The van der Waals surface area contributed by atoms with Crippen LogP contribution < -0.4 is 0 Å². The van der Waals surface area contributed by atoms with E-state index in [1.807, 2.05) is 0 Å². The summed E-state index contributed by atoms with van der Waals surface area (Å²) in [6.07, 6.45) is 5.59. The molecule has 1 aliphatic rings. The summed E-state index contributed by atoms with van der Waals surface area (Å²) in [7, 11) is 0. The van der Waals surface area contributed by atoms with Gasteiger partial charge in [-0.3, -0.25) is 0 Å². The van der Waals surface area contributed by atoms with E-state index in [9.17, 15) is 0 Å². The maximum absolute atomic E-state index is 4.24. The van der Waals surface area contributed by atoms with Gasteiger partial charge in [-0.15, -0.1) is 5.10 Å². The number of hydrogen-bond donors (Lipinski definition) is 0. The van der Waals surface area contributed by atoms with Gasteiger partial charge in [-0.1, -0.05) is 6.42 Å². The van der Waals surface area contributed by atoms with Crippen molar-refractivity contribution in [3.8, 4) is 0 Å². The molecule has 0 N–H and O–H groups in total. The van der Waals surface area contributed by atoms with E-state index in [2.05, 4.69) is 31.1 Å². The van der Waals surface area contributed by atoms with Crippen LogP contribution in [0.3, 0.4) is 0 Å². The molecule has 1 heterocycles. The predicted octanol–water partition coefficient (Wildman–Crippen LogP) is 1.90. The molecule has 11 heavy (non-hydrogen) atoms. The van der Waals surface area contributed by atoms with Crippen LogP contribution in [0.25, 0.3) is 0 Å². The first-order chi connectivity index (χ1) is 5.36. The molecule has 0 saturated heterocycles. The lowest BCUT2D eigenvalue weighted by molar-refractivity contribution is 0.408. The van der Waals surface area contributed by atoms with Crippen LogP contribution in [0, 0.1) is 0 Å². The minimum Gasteiger partial charge on any atom is -0.224 e. The highest BCUT2D eigenvalue weighted by Crippen LogP contribution is 2.34. The molecule has 0 bridgehead atoms. The molecule has 1 saturated carbocycles. The number of nitrogens with zero attached hydrogens (tertiary/aromatic N) is 3. The fraction of sp³-hybridized carbons (Fsp3) is 0.571. The summed E-state index contributed by atoms with van der Waals surface area (Å²) in [4.78, 5) is 4.24. The van der Waals surface area contributed by atoms with Gasteiger partial charge in [-0.05, 0) is 28.8 Å². The van der Waals surface area contributed by atoms with Gasteiger partial charge >= 0.3 is 0 Å². The van der Waals surface area contributed by atoms with Crippen LogP contribution >= 0.6 is 15.9 Å². The second-order valence-corrected chi connectivity index (χ2v) is 3.49. The van der Waals surface area contributed by atoms with E-state index in [0.29, 0.717) is 10.7 Å². The molecular weight excluding hydrogens is 206 g/mol. The fourth-order valence-electron chi connectivity index (χ4n) is 1.19. The van der Waals surface area contributed by atoms with E-state index in [1.165, 1.54) is 19.3 Å². The smallest absolute Gasteiger partial charge is 0.218 e. The summed E-state index contributed by atoms with van der Waals surface area (Å²) in [5.74, 6) is 0.641. The Labute approximate surface area is 73.4 Å². The van der Waals surface area contributed by atoms with E-state index in [-0.39, 0.29) is 0 Å². The second-order valence-electron chi connectivity index (χ2n) is 2.78. The van der Waals surface area contributed by atoms with Crippen LogP contribution in [0.15, 0.2) is 10.9 Å². The van der Waals surface area contributed by atoms with Gasteiger partial charge in [0.15, 0.2) is 0 Å². The molecule has 58 valence electrons. The monoisotopic (exact) mass is 213 g/mol. The normalized spacial score (nSPS) is 17.9. The van der Waals surface area contributed by atoms with Gasteiger partial charge in [-0.2, -0.15) is 5.10 Å². The van der Waals surface area contributed by atoms with Crippen molar-refractivity contribution in [3.63, 3.8) is 0 Å². The van der Waals surface area contributed by atoms with Gasteiger partial charge < -0.3 is 0 Å². The largest absolute Gasteiger partial charge is 0.224 e. The number of rotatable bonds is 1. The van der Waals surface area contributed by atoms with Gasteiger partial charge in [0.25, 0.3) is 0 Å². The van der Waals surface area contributed by atoms with Crippen molar-refractivity contribution in [1.29, 1.82) is 0 Å². The van der Waals surface area contributed by atoms with Gasteiger partial charge in [0.05, 0.1) is 11.9 Å². The van der Waals surface area contributed by atoms with Crippen LogP contribution in [0.4, 0.5) is 0 Å². The molecule has 1 aliphatic carbocycles. The van der Waals surface area contributed by atoms with E-state index in [4.69, 9.17) is 0 Å². The van der Waals surface area contributed by atoms with Gasteiger partial charge in [0, 0.05) is 5.92 Å². The van der Waals surface area contributed by atoms with E-state index < -0.39 is 0 Å². The lowest BCUT2D eigenvalue weighted by Crippen LogP contribution is -2.11. The zero-order valence-electron chi connectivity index (χ0n) is 6.00. The molecular formula is C7H8BrN3. The van der Waals surface area contributed by atoms with Gasteiger partial charge in [0.1, 0.15) is 0 Å². The summed E-state index contributed by atoms with van der Waals surface area (Å²) in [5, 5.41) is 7.56. The van der Waals surface area contributed by atoms with Crippen molar-refractivity contribution in [2.75, 3.05) is 0 Å². The van der Waals surface area contributed by atoms with Crippen molar-refractivity contribution in [2.24, 2.45) is 0 Å². The Bertz CT molecular complexity index is 260. The van der Waals surface area contributed by atoms with Crippen LogP contribution in [0.1, 0.15) is 30.9 Å². The number of halogens is 1. The lowest BCUT2D eigenvalue weighted by atomic mass is 9.83. The first kappa shape index (κ1) is 7.16. The zero-order valence-corrected chi connectivity index (χ0v) is 7.58. The molecule has 0 aliphatic heterocycles. The SMILES string of the molecule is Brc1nncc(C2CCC2)n1. The molecule has 0 unspecified atom stereocenters. The molecule has 2 rings (SSSR count). The minimum atomic E-state index is 0.599. The quantitative estimate of drug-likeness (QED) is 0.716. The molecule has 0 atom stereocenters. The topological polar surface area (TPSA) is 38.7 Å². The highest BCUT2D eigenvalue weighted by atomic mass is 79.9. The predicted molar refractivity (Wildman–Crippen MR) is 44.1 cm³/mol. The molecule has 0 radical (unpaired) electrons. The molecule has 1 fully saturated rings. The third-order valence-corrected chi connectivity index (χ3v) is 2.41. The summed E-state index contributed by atoms with van der Waals surface area (Å²) >= 11 is 3.20. The van der Waals surface area contributed by atoms with Crippen LogP contribution in [-0.4, -0.2) is 15.2 Å². The third-order valence-electron chi connectivity index (χ3n) is 2.08. The number of hydrogen-bond acceptors (Lipinski definition) is 3. The maximum Gasteiger partial charge on any atom is 0.218 e. The highest BCUT2D eigenvalue weighted by molar-refractivity contribution is 9.10. The Hall–Kier alpha value is -0.510. The summed E-state index contributed by atoms with van der Waals surface area (Å²) in [6.45, 7) is 0. The van der Waals surface area contributed by atoms with Gasteiger partial charge in [0.2, 0.25) is 4.73 Å². The van der Waals surface area contributed by atoms with E-state index in [1.54, 1.807) is 6.20 Å². The Morgan fingerprint density at radius 1 is 1.45 bits per heavy atom. The molecule has 3 nitrogen and oxygen atoms in total. The third kappa shape index (κ3) is 1.40. The molecule has 0 amide bonds.